The van der Waals surface area contributed by atoms with E-state index in [4.69, 9.17) is 9.97 Å². The van der Waals surface area contributed by atoms with Gasteiger partial charge in [0.15, 0.2) is 5.82 Å². The van der Waals surface area contributed by atoms with Crippen molar-refractivity contribution >= 4 is 38.7 Å². The molecule has 0 bridgehead atoms. The highest BCUT2D eigenvalue weighted by Crippen LogP contribution is 2.41. The maximum absolute atomic E-state index is 5.11. The molecule has 0 spiro atoms. The maximum Gasteiger partial charge on any atom is 0.173 e. The summed E-state index contributed by atoms with van der Waals surface area (Å²) < 4.78 is 1.99. The third kappa shape index (κ3) is 3.41. The van der Waals surface area contributed by atoms with Crippen molar-refractivity contribution in [1.29, 1.82) is 0 Å². The minimum absolute atomic E-state index is 0.393. The van der Waals surface area contributed by atoms with Crippen LogP contribution in [0.4, 0.5) is 5.82 Å². The molecule has 1 aliphatic heterocycles. The molecule has 5 aromatic rings. The Balaban J connectivity index is 1.44. The summed E-state index contributed by atoms with van der Waals surface area (Å²) in [5.41, 5.74) is 2.42. The Labute approximate surface area is 187 Å². The Morgan fingerprint density at radius 2 is 1.81 bits per heavy atom. The highest BCUT2D eigenvalue weighted by molar-refractivity contribution is 7.17. The van der Waals surface area contributed by atoms with Crippen LogP contribution in [-0.2, 0) is 0 Å². The van der Waals surface area contributed by atoms with Gasteiger partial charge in [-0.3, -0.25) is 0 Å². The predicted octanol–water partition coefficient (Wildman–Crippen LogP) is 5.52. The van der Waals surface area contributed by atoms with Gasteiger partial charge in [-0.1, -0.05) is 36.4 Å². The highest BCUT2D eigenvalue weighted by atomic mass is 32.1. The lowest BCUT2D eigenvalue weighted by atomic mass is 10.0. The predicted molar refractivity (Wildman–Crippen MR) is 127 cm³/mol. The number of hydrogen-bond donors (Lipinski definition) is 0. The van der Waals surface area contributed by atoms with Gasteiger partial charge in [-0.25, -0.2) is 19.6 Å². The van der Waals surface area contributed by atoms with Gasteiger partial charge in [-0.05, 0) is 29.9 Å². The Bertz CT molecular complexity index is 1290. The SMILES string of the molecule is c1ccc(-c2csc3nc(-c4cccs4)nc(N4CCC(n5cncn5)CC4)c23)cc1. The van der Waals surface area contributed by atoms with Gasteiger partial charge in [0.2, 0.25) is 0 Å². The topological polar surface area (TPSA) is 59.7 Å². The zero-order chi connectivity index (χ0) is 20.6. The molecule has 0 unspecified atom stereocenters. The molecule has 31 heavy (non-hydrogen) atoms. The fourth-order valence-corrected chi connectivity index (χ4v) is 5.85. The van der Waals surface area contributed by atoms with Gasteiger partial charge in [-0.15, -0.1) is 22.7 Å². The lowest BCUT2D eigenvalue weighted by Crippen LogP contribution is -2.35. The van der Waals surface area contributed by atoms with E-state index in [0.717, 1.165) is 52.7 Å². The van der Waals surface area contributed by atoms with E-state index >= 15 is 0 Å². The minimum Gasteiger partial charge on any atom is -0.356 e. The average molecular weight is 445 g/mol. The van der Waals surface area contributed by atoms with Crippen molar-refractivity contribution in [1.82, 2.24) is 24.7 Å². The van der Waals surface area contributed by atoms with E-state index in [1.807, 2.05) is 11.0 Å². The van der Waals surface area contributed by atoms with E-state index < -0.39 is 0 Å². The normalized spacial score (nSPS) is 15.0. The van der Waals surface area contributed by atoms with Crippen LogP contribution in [0, 0.1) is 0 Å². The van der Waals surface area contributed by atoms with E-state index in [1.165, 1.54) is 11.1 Å². The largest absolute Gasteiger partial charge is 0.356 e. The molecule has 0 saturated carbocycles. The lowest BCUT2D eigenvalue weighted by Gasteiger charge is -2.33. The number of fused-ring (bicyclic) bond motifs is 1. The molecule has 154 valence electrons. The molecule has 0 atom stereocenters. The summed E-state index contributed by atoms with van der Waals surface area (Å²) in [7, 11) is 0. The maximum atomic E-state index is 5.11. The number of piperidine rings is 1. The van der Waals surface area contributed by atoms with Crippen LogP contribution in [0.3, 0.4) is 0 Å². The summed E-state index contributed by atoms with van der Waals surface area (Å²) in [6.07, 6.45) is 5.48. The second-order valence-corrected chi connectivity index (χ2v) is 9.44. The molecule has 5 heterocycles. The zero-order valence-corrected chi connectivity index (χ0v) is 18.4. The molecule has 0 radical (unpaired) electrons. The third-order valence-corrected chi connectivity index (χ3v) is 7.55. The van der Waals surface area contributed by atoms with Crippen molar-refractivity contribution < 1.29 is 0 Å². The highest BCUT2D eigenvalue weighted by Gasteiger charge is 2.26. The summed E-state index contributed by atoms with van der Waals surface area (Å²) in [4.78, 5) is 18.7. The van der Waals surface area contributed by atoms with Crippen LogP contribution in [0.15, 0.2) is 65.9 Å². The fraction of sp³-hybridized carbons (Fsp3) is 0.217. The number of rotatable bonds is 4. The van der Waals surface area contributed by atoms with E-state index in [-0.39, 0.29) is 0 Å². The first-order valence-corrected chi connectivity index (χ1v) is 12.1. The quantitative estimate of drug-likeness (QED) is 0.365. The van der Waals surface area contributed by atoms with Crippen LogP contribution in [-0.4, -0.2) is 37.8 Å². The standard InChI is InChI=1S/C23H20N6S2/c1-2-5-16(6-3-1)18-13-31-23-20(18)22(26-21(27-23)19-7-4-12-30-19)28-10-8-17(9-11-28)29-15-24-14-25-29/h1-7,12-15,17H,8-11H2. The van der Waals surface area contributed by atoms with Gasteiger partial charge < -0.3 is 4.90 Å². The van der Waals surface area contributed by atoms with Crippen LogP contribution >= 0.6 is 22.7 Å². The lowest BCUT2D eigenvalue weighted by molar-refractivity contribution is 0.365. The molecule has 1 aliphatic rings. The number of hydrogen-bond acceptors (Lipinski definition) is 7. The first-order valence-electron chi connectivity index (χ1n) is 10.3. The van der Waals surface area contributed by atoms with E-state index in [0.29, 0.717) is 6.04 Å². The van der Waals surface area contributed by atoms with E-state index in [2.05, 4.69) is 68.2 Å². The molecule has 1 saturated heterocycles. The summed E-state index contributed by atoms with van der Waals surface area (Å²) in [5, 5.41) is 9.81. The summed E-state index contributed by atoms with van der Waals surface area (Å²) >= 11 is 3.39. The second kappa shape index (κ2) is 7.86. The molecule has 8 heteroatoms. The van der Waals surface area contributed by atoms with Gasteiger partial charge >= 0.3 is 0 Å². The van der Waals surface area contributed by atoms with Crippen LogP contribution in [0.1, 0.15) is 18.9 Å². The number of nitrogens with zero attached hydrogens (tertiary/aromatic N) is 6. The van der Waals surface area contributed by atoms with Gasteiger partial charge in [0.25, 0.3) is 0 Å². The van der Waals surface area contributed by atoms with Crippen molar-refractivity contribution in [2.24, 2.45) is 0 Å². The zero-order valence-electron chi connectivity index (χ0n) is 16.8. The molecule has 4 aromatic heterocycles. The van der Waals surface area contributed by atoms with Gasteiger partial charge in [-0.2, -0.15) is 5.10 Å². The van der Waals surface area contributed by atoms with Crippen LogP contribution in [0.2, 0.25) is 0 Å². The van der Waals surface area contributed by atoms with E-state index in [1.54, 1.807) is 29.0 Å². The first-order chi connectivity index (χ1) is 15.4. The molecule has 0 N–H and O–H groups in total. The minimum atomic E-state index is 0.393. The molecule has 1 fully saturated rings. The molecule has 6 rings (SSSR count). The molecular weight excluding hydrogens is 424 g/mol. The number of anilines is 1. The smallest absolute Gasteiger partial charge is 0.173 e. The van der Waals surface area contributed by atoms with Gasteiger partial charge in [0.05, 0.1) is 16.3 Å². The molecule has 0 aliphatic carbocycles. The van der Waals surface area contributed by atoms with Crippen molar-refractivity contribution in [3.63, 3.8) is 0 Å². The van der Waals surface area contributed by atoms with Crippen molar-refractivity contribution in [2.45, 2.75) is 18.9 Å². The average Bonchev–Trinajstić information content (AvgIpc) is 3.61. The Morgan fingerprint density at radius 1 is 0.935 bits per heavy atom. The van der Waals surface area contributed by atoms with Gasteiger partial charge in [0.1, 0.15) is 23.3 Å². The van der Waals surface area contributed by atoms with Crippen LogP contribution in [0.5, 0.6) is 0 Å². The second-order valence-electron chi connectivity index (χ2n) is 7.64. The summed E-state index contributed by atoms with van der Waals surface area (Å²) in [6.45, 7) is 1.87. The summed E-state index contributed by atoms with van der Waals surface area (Å²) in [5.74, 6) is 1.86. The van der Waals surface area contributed by atoms with Crippen molar-refractivity contribution in [3.8, 4) is 21.8 Å². The van der Waals surface area contributed by atoms with Gasteiger partial charge in [0, 0.05) is 24.0 Å². The fourth-order valence-electron chi connectivity index (χ4n) is 4.25. The number of aromatic nitrogens is 5. The molecule has 1 aromatic carbocycles. The molecular formula is C23H20N6S2. The van der Waals surface area contributed by atoms with Crippen molar-refractivity contribution in [3.05, 3.63) is 65.9 Å². The van der Waals surface area contributed by atoms with Crippen LogP contribution in [0.25, 0.3) is 32.0 Å². The van der Waals surface area contributed by atoms with Crippen molar-refractivity contribution in [2.75, 3.05) is 18.0 Å². The van der Waals surface area contributed by atoms with E-state index in [9.17, 15) is 0 Å². The number of benzene rings is 1. The third-order valence-electron chi connectivity index (χ3n) is 5.82. The molecule has 6 nitrogen and oxygen atoms in total. The monoisotopic (exact) mass is 444 g/mol. The Morgan fingerprint density at radius 3 is 2.55 bits per heavy atom. The molecule has 0 amide bonds. The Kier molecular flexibility index (Phi) is 4.73. The number of thiophene rings is 2. The summed E-state index contributed by atoms with van der Waals surface area (Å²) in [6, 6.07) is 15.1. The first kappa shape index (κ1) is 18.7. The Hall–Kier alpha value is -3.10. The van der Waals surface area contributed by atoms with Crippen LogP contribution < -0.4 is 4.90 Å².